The van der Waals surface area contributed by atoms with Crippen molar-refractivity contribution in [3.05, 3.63) is 150 Å². The highest BCUT2D eigenvalue weighted by Gasteiger charge is 2.20. The van der Waals surface area contributed by atoms with Crippen molar-refractivity contribution >= 4 is 72.1 Å². The number of rotatable bonds is 3. The molecule has 0 atom stereocenters. The lowest BCUT2D eigenvalue weighted by Gasteiger charge is -2.08. The van der Waals surface area contributed by atoms with Crippen LogP contribution in [0.4, 0.5) is 0 Å². The Bertz CT molecular complexity index is 2190. The first kappa shape index (κ1) is 26.3. The lowest BCUT2D eigenvalue weighted by Crippen LogP contribution is -2.30. The van der Waals surface area contributed by atoms with Gasteiger partial charge >= 0.3 is 7.12 Å². The van der Waals surface area contributed by atoms with Crippen LogP contribution in [0, 0.1) is 0 Å². The van der Waals surface area contributed by atoms with Gasteiger partial charge in [-0.05, 0) is 60.1 Å². The molecule has 2 N–H and O–H groups in total. The molecule has 6 heteroatoms. The van der Waals surface area contributed by atoms with Crippen LogP contribution in [0.25, 0.3) is 55.0 Å². The van der Waals surface area contributed by atoms with Crippen LogP contribution in [0.3, 0.4) is 0 Å². The Kier molecular flexibility index (Phi) is 6.88. The van der Waals surface area contributed by atoms with Gasteiger partial charge in [-0.3, -0.25) is 0 Å². The maximum Gasteiger partial charge on any atom is 0.489 e. The molecule has 2 aromatic heterocycles. The van der Waals surface area contributed by atoms with Crippen molar-refractivity contribution < 1.29 is 10.0 Å². The van der Waals surface area contributed by atoms with Crippen molar-refractivity contribution in [2.24, 2.45) is 0 Å². The molecule has 0 unspecified atom stereocenters. The summed E-state index contributed by atoms with van der Waals surface area (Å²) in [6, 6.07) is 49.1. The minimum atomic E-state index is -1.49. The van der Waals surface area contributed by atoms with E-state index in [1.165, 1.54) is 27.5 Å². The number of hydrogen-bond acceptors (Lipinski definition) is 2. The second kappa shape index (κ2) is 11.0. The van der Waals surface area contributed by atoms with Crippen LogP contribution in [0.15, 0.2) is 150 Å². The summed E-state index contributed by atoms with van der Waals surface area (Å²) in [6.07, 6.45) is 0. The highest BCUT2D eigenvalue weighted by atomic mass is 79.9. The van der Waals surface area contributed by atoms with Crippen molar-refractivity contribution in [2.45, 2.75) is 0 Å². The summed E-state index contributed by atoms with van der Waals surface area (Å²) in [5.41, 5.74) is 7.26. The van der Waals surface area contributed by atoms with E-state index in [2.05, 4.69) is 97.9 Å². The molecule has 4 nitrogen and oxygen atoms in total. The van der Waals surface area contributed by atoms with Crippen LogP contribution >= 0.6 is 15.9 Å². The molecule has 0 aliphatic heterocycles. The molecule has 8 aromatic rings. The monoisotopic (exact) mass is 608 g/mol. The van der Waals surface area contributed by atoms with Crippen molar-refractivity contribution in [1.82, 2.24) is 9.13 Å². The van der Waals surface area contributed by atoms with Crippen molar-refractivity contribution in [1.29, 1.82) is 0 Å². The van der Waals surface area contributed by atoms with E-state index in [-0.39, 0.29) is 0 Å². The lowest BCUT2D eigenvalue weighted by atomic mass is 9.77. The molecule has 0 aliphatic rings. The molecule has 0 bridgehead atoms. The van der Waals surface area contributed by atoms with Gasteiger partial charge in [0, 0.05) is 37.4 Å². The molecule has 8 rings (SSSR count). The zero-order valence-electron chi connectivity index (χ0n) is 22.6. The van der Waals surface area contributed by atoms with E-state index in [4.69, 9.17) is 0 Å². The number of fused-ring (bicyclic) bond motifs is 6. The van der Waals surface area contributed by atoms with Crippen LogP contribution < -0.4 is 5.46 Å². The van der Waals surface area contributed by atoms with Gasteiger partial charge in [-0.1, -0.05) is 107 Å². The second-order valence-corrected chi connectivity index (χ2v) is 11.0. The van der Waals surface area contributed by atoms with Crippen LogP contribution in [-0.2, 0) is 0 Å². The Labute approximate surface area is 252 Å². The van der Waals surface area contributed by atoms with E-state index < -0.39 is 7.12 Å². The Morgan fingerprint density at radius 3 is 1.40 bits per heavy atom. The zero-order chi connectivity index (χ0) is 28.6. The standard InChI is InChI=1S/C18H14BNO2.C18H12BrN/c21-19(22)15-10-6-12-17-18(15)14-9-4-5-11-16(14)20(17)13-7-2-1-3-8-13;19-15-10-6-12-17-18(15)14-9-4-5-11-16(14)20(17)13-7-2-1-3-8-13/h1-12,21-22H;1-12H. The Hall–Kier alpha value is -4.62. The van der Waals surface area contributed by atoms with Gasteiger partial charge in [0.25, 0.3) is 0 Å². The van der Waals surface area contributed by atoms with Gasteiger partial charge in [0.1, 0.15) is 0 Å². The summed E-state index contributed by atoms with van der Waals surface area (Å²) in [4.78, 5) is 0. The summed E-state index contributed by atoms with van der Waals surface area (Å²) >= 11 is 3.69. The van der Waals surface area contributed by atoms with Crippen LogP contribution in [0.2, 0.25) is 0 Å². The number of aromatic nitrogens is 2. The fourth-order valence-electron chi connectivity index (χ4n) is 5.95. The molecular formula is C36H26BBrN2O2. The van der Waals surface area contributed by atoms with Crippen LogP contribution in [0.1, 0.15) is 0 Å². The van der Waals surface area contributed by atoms with E-state index in [1.54, 1.807) is 6.07 Å². The Morgan fingerprint density at radius 2 is 0.857 bits per heavy atom. The molecular weight excluding hydrogens is 583 g/mol. The fraction of sp³-hybridized carbons (Fsp3) is 0. The molecule has 0 saturated heterocycles. The number of nitrogens with zero attached hydrogens (tertiary/aromatic N) is 2. The molecule has 6 aromatic carbocycles. The first-order chi connectivity index (χ1) is 20.6. The molecule has 0 amide bonds. The molecule has 0 saturated carbocycles. The van der Waals surface area contributed by atoms with Gasteiger partial charge in [0.05, 0.1) is 22.1 Å². The molecule has 0 fully saturated rings. The number of benzene rings is 6. The Balaban J connectivity index is 0.000000138. The number of hydrogen-bond donors (Lipinski definition) is 2. The average Bonchev–Trinajstić information content (AvgIpc) is 3.56. The van der Waals surface area contributed by atoms with Crippen molar-refractivity contribution in [3.8, 4) is 11.4 Å². The quantitative estimate of drug-likeness (QED) is 0.200. The smallest absolute Gasteiger partial charge is 0.423 e. The van der Waals surface area contributed by atoms with Gasteiger partial charge in [-0.25, -0.2) is 0 Å². The largest absolute Gasteiger partial charge is 0.489 e. The van der Waals surface area contributed by atoms with E-state index in [1.807, 2.05) is 66.7 Å². The molecule has 2 heterocycles. The first-order valence-electron chi connectivity index (χ1n) is 13.8. The highest BCUT2D eigenvalue weighted by molar-refractivity contribution is 9.10. The minimum absolute atomic E-state index is 0.531. The van der Waals surface area contributed by atoms with E-state index in [0.717, 1.165) is 32.0 Å². The molecule has 42 heavy (non-hydrogen) atoms. The third-order valence-electron chi connectivity index (χ3n) is 7.68. The van der Waals surface area contributed by atoms with E-state index in [0.29, 0.717) is 5.46 Å². The molecule has 0 spiro atoms. The summed E-state index contributed by atoms with van der Waals surface area (Å²) in [5, 5.41) is 23.9. The topological polar surface area (TPSA) is 50.3 Å². The lowest BCUT2D eigenvalue weighted by molar-refractivity contribution is 0.426. The fourth-order valence-corrected chi connectivity index (χ4v) is 6.52. The molecule has 0 aliphatic carbocycles. The van der Waals surface area contributed by atoms with E-state index >= 15 is 0 Å². The summed E-state index contributed by atoms with van der Waals surface area (Å²) in [6.45, 7) is 0. The van der Waals surface area contributed by atoms with Gasteiger partial charge in [-0.15, -0.1) is 0 Å². The highest BCUT2D eigenvalue weighted by Crippen LogP contribution is 2.36. The normalized spacial score (nSPS) is 11.2. The summed E-state index contributed by atoms with van der Waals surface area (Å²) < 4.78 is 5.60. The molecule has 202 valence electrons. The Morgan fingerprint density at radius 1 is 0.429 bits per heavy atom. The number of halogens is 1. The minimum Gasteiger partial charge on any atom is -0.423 e. The van der Waals surface area contributed by atoms with Crippen LogP contribution in [-0.4, -0.2) is 26.3 Å². The van der Waals surface area contributed by atoms with Crippen molar-refractivity contribution in [2.75, 3.05) is 0 Å². The zero-order valence-corrected chi connectivity index (χ0v) is 24.2. The predicted molar refractivity (Wildman–Crippen MR) is 179 cm³/mol. The first-order valence-corrected chi connectivity index (χ1v) is 14.6. The van der Waals surface area contributed by atoms with Gasteiger partial charge in [-0.2, -0.15) is 0 Å². The van der Waals surface area contributed by atoms with E-state index in [9.17, 15) is 10.0 Å². The number of para-hydroxylation sites is 4. The summed E-state index contributed by atoms with van der Waals surface area (Å²) in [7, 11) is -1.49. The second-order valence-electron chi connectivity index (χ2n) is 10.1. The van der Waals surface area contributed by atoms with Crippen molar-refractivity contribution in [3.63, 3.8) is 0 Å². The maximum atomic E-state index is 9.71. The predicted octanol–water partition coefficient (Wildman–Crippen LogP) is 8.01. The maximum absolute atomic E-state index is 9.71. The molecule has 0 radical (unpaired) electrons. The summed E-state index contributed by atoms with van der Waals surface area (Å²) in [5.74, 6) is 0. The van der Waals surface area contributed by atoms with Gasteiger partial charge in [0.15, 0.2) is 0 Å². The van der Waals surface area contributed by atoms with Gasteiger partial charge < -0.3 is 19.2 Å². The SMILES string of the molecule is Brc1cccc2c1c1ccccc1n2-c1ccccc1.OB(O)c1cccc2c1c1ccccc1n2-c1ccccc1. The van der Waals surface area contributed by atoms with Crippen LogP contribution in [0.5, 0.6) is 0 Å². The third kappa shape index (κ3) is 4.41. The van der Waals surface area contributed by atoms with Gasteiger partial charge in [0.2, 0.25) is 0 Å². The average molecular weight is 609 g/mol. The third-order valence-corrected chi connectivity index (χ3v) is 8.34.